The summed E-state index contributed by atoms with van der Waals surface area (Å²) in [5, 5.41) is 40.2. The summed E-state index contributed by atoms with van der Waals surface area (Å²) in [6, 6.07) is 0. The maximum Gasteiger partial charge on any atom is 0.161 e. The number of aliphatic hydroxyl groups excluding tert-OH is 4. The first-order valence-electron chi connectivity index (χ1n) is 8.72. The molecule has 0 rings (SSSR count). The minimum absolute atomic E-state index is 0.0656. The number of Topliss-reactive ketones (excluding diaryl/α,β-unsaturated/α-hetero) is 2. The van der Waals surface area contributed by atoms with Crippen LogP contribution in [0.15, 0.2) is 49.1 Å². The molecule has 0 saturated heterocycles. The Hall–Kier alpha value is -2.19. The van der Waals surface area contributed by atoms with E-state index in [1.54, 1.807) is 0 Å². The van der Waals surface area contributed by atoms with Gasteiger partial charge >= 0.3 is 0 Å². The van der Waals surface area contributed by atoms with E-state index in [4.69, 9.17) is 5.11 Å². The number of carbonyl (C=O) groups excluding carboxylic acids is 3. The maximum absolute atomic E-state index is 12.2. The second-order valence-corrected chi connectivity index (χ2v) is 7.04. The Labute approximate surface area is 165 Å². The highest BCUT2D eigenvalue weighted by atomic mass is 16.3. The van der Waals surface area contributed by atoms with Crippen LogP contribution in [-0.4, -0.2) is 63.2 Å². The Kier molecular flexibility index (Phi) is 10.1. The largest absolute Gasteiger partial charge is 0.396 e. The predicted octanol–water partition coefficient (Wildman–Crippen LogP) is 0.676. The van der Waals surface area contributed by atoms with Crippen LogP contribution in [0.5, 0.6) is 0 Å². The van der Waals surface area contributed by atoms with E-state index >= 15 is 0 Å². The third-order valence-electron chi connectivity index (χ3n) is 4.90. The highest BCUT2D eigenvalue weighted by Crippen LogP contribution is 2.39. The van der Waals surface area contributed by atoms with E-state index in [0.29, 0.717) is 6.29 Å². The molecule has 0 aliphatic carbocycles. The van der Waals surface area contributed by atoms with Gasteiger partial charge in [0.25, 0.3) is 0 Å². The van der Waals surface area contributed by atoms with Gasteiger partial charge in [0.05, 0.1) is 18.8 Å². The summed E-state index contributed by atoms with van der Waals surface area (Å²) >= 11 is 0. The molecule has 0 aliphatic rings. The topological polar surface area (TPSA) is 132 Å². The normalized spacial score (nSPS) is 17.4. The van der Waals surface area contributed by atoms with Crippen LogP contribution in [0.1, 0.15) is 26.7 Å². The number of rotatable bonds is 14. The minimum Gasteiger partial charge on any atom is -0.396 e. The van der Waals surface area contributed by atoms with Crippen molar-refractivity contribution >= 4 is 17.9 Å². The monoisotopic (exact) mass is 394 g/mol. The fraction of sp³-hybridized carbons (Fsp3) is 0.476. The zero-order valence-electron chi connectivity index (χ0n) is 16.4. The smallest absolute Gasteiger partial charge is 0.161 e. The van der Waals surface area contributed by atoms with Crippen LogP contribution in [0.3, 0.4) is 0 Å². The van der Waals surface area contributed by atoms with Crippen molar-refractivity contribution in [3.05, 3.63) is 49.1 Å². The van der Waals surface area contributed by atoms with Crippen LogP contribution in [0.4, 0.5) is 0 Å². The van der Waals surface area contributed by atoms with Crippen LogP contribution in [0, 0.1) is 11.3 Å². The maximum atomic E-state index is 12.2. The molecule has 0 aliphatic heterocycles. The standard InChI is InChI=1S/C21H30O7/c1-7-21(6,10-17(26)19(27)12(2)11-23)20(28)18(13(3)15(5)24)14(4)16(25)8-9-22/h7,11,17-20,22,26-28H,1-4,8-10H2,5-6H3. The Morgan fingerprint density at radius 2 is 1.64 bits per heavy atom. The van der Waals surface area contributed by atoms with Crippen molar-refractivity contribution < 1.29 is 34.8 Å². The van der Waals surface area contributed by atoms with E-state index in [1.165, 1.54) is 19.9 Å². The number of ketones is 2. The SMILES string of the molecule is C=CC(C)(CC(O)C(O)C(=C)C=O)C(O)C(C(=C)C(C)=O)C(=C)C(=O)CCO. The van der Waals surface area contributed by atoms with Crippen LogP contribution >= 0.6 is 0 Å². The number of aliphatic hydroxyl groups is 4. The molecule has 0 heterocycles. The number of hydrogen-bond acceptors (Lipinski definition) is 7. The number of aldehydes is 1. The van der Waals surface area contributed by atoms with E-state index in [-0.39, 0.29) is 29.6 Å². The molecule has 4 N–H and O–H groups in total. The van der Waals surface area contributed by atoms with Crippen LogP contribution in [-0.2, 0) is 14.4 Å². The lowest BCUT2D eigenvalue weighted by Crippen LogP contribution is -2.44. The molecule has 0 aromatic heterocycles. The molecule has 28 heavy (non-hydrogen) atoms. The molecule has 0 amide bonds. The first-order valence-corrected chi connectivity index (χ1v) is 8.72. The molecule has 0 radical (unpaired) electrons. The van der Waals surface area contributed by atoms with Gasteiger partial charge in [-0.3, -0.25) is 14.4 Å². The van der Waals surface area contributed by atoms with Crippen LogP contribution < -0.4 is 0 Å². The summed E-state index contributed by atoms with van der Waals surface area (Å²) in [7, 11) is 0. The van der Waals surface area contributed by atoms with E-state index in [1.807, 2.05) is 0 Å². The molecule has 0 aromatic rings. The van der Waals surface area contributed by atoms with Crippen molar-refractivity contribution in [3.8, 4) is 0 Å². The van der Waals surface area contributed by atoms with E-state index in [0.717, 1.165) is 0 Å². The summed E-state index contributed by atoms with van der Waals surface area (Å²) in [6.45, 7) is 16.6. The van der Waals surface area contributed by atoms with Crippen LogP contribution in [0.2, 0.25) is 0 Å². The average molecular weight is 394 g/mol. The van der Waals surface area contributed by atoms with Gasteiger partial charge in [-0.2, -0.15) is 0 Å². The van der Waals surface area contributed by atoms with E-state index in [2.05, 4.69) is 26.3 Å². The quantitative estimate of drug-likeness (QED) is 0.193. The molecule has 156 valence electrons. The lowest BCUT2D eigenvalue weighted by atomic mass is 9.68. The van der Waals surface area contributed by atoms with Crippen molar-refractivity contribution in [1.82, 2.24) is 0 Å². The second-order valence-electron chi connectivity index (χ2n) is 7.04. The lowest BCUT2D eigenvalue weighted by Gasteiger charge is -2.39. The molecular formula is C21H30O7. The highest BCUT2D eigenvalue weighted by molar-refractivity contribution is 6.00. The third kappa shape index (κ3) is 6.17. The Bertz CT molecular complexity index is 664. The van der Waals surface area contributed by atoms with Gasteiger partial charge in [0, 0.05) is 23.3 Å². The third-order valence-corrected chi connectivity index (χ3v) is 4.90. The molecule has 7 nitrogen and oxygen atoms in total. The first kappa shape index (κ1) is 25.8. The van der Waals surface area contributed by atoms with E-state index < -0.39 is 47.8 Å². The average Bonchev–Trinajstić information content (AvgIpc) is 2.66. The van der Waals surface area contributed by atoms with Gasteiger partial charge in [0.1, 0.15) is 12.4 Å². The molecule has 0 spiro atoms. The summed E-state index contributed by atoms with van der Waals surface area (Å²) in [4.78, 5) is 34.8. The first-order chi connectivity index (χ1) is 12.9. The Balaban J connectivity index is 5.94. The van der Waals surface area contributed by atoms with Gasteiger partial charge in [-0.05, 0) is 24.5 Å². The lowest BCUT2D eigenvalue weighted by molar-refractivity contribution is -0.118. The molecule has 0 aromatic carbocycles. The van der Waals surface area contributed by atoms with Crippen molar-refractivity contribution in [2.75, 3.05) is 6.61 Å². The Morgan fingerprint density at radius 3 is 2.04 bits per heavy atom. The van der Waals surface area contributed by atoms with Crippen molar-refractivity contribution in [2.45, 2.75) is 45.0 Å². The van der Waals surface area contributed by atoms with Gasteiger partial charge in [-0.15, -0.1) is 6.58 Å². The molecule has 0 fully saturated rings. The Morgan fingerprint density at radius 1 is 1.11 bits per heavy atom. The zero-order chi connectivity index (χ0) is 22.2. The van der Waals surface area contributed by atoms with Gasteiger partial charge in [-0.1, -0.05) is 32.7 Å². The summed E-state index contributed by atoms with van der Waals surface area (Å²) in [5.74, 6) is -2.20. The zero-order valence-corrected chi connectivity index (χ0v) is 16.4. The van der Waals surface area contributed by atoms with Crippen molar-refractivity contribution in [2.24, 2.45) is 11.3 Å². The fourth-order valence-corrected chi connectivity index (χ4v) is 2.83. The second kappa shape index (κ2) is 11.0. The van der Waals surface area contributed by atoms with E-state index in [9.17, 15) is 29.7 Å². The highest BCUT2D eigenvalue weighted by Gasteiger charge is 2.42. The van der Waals surface area contributed by atoms with Crippen molar-refractivity contribution in [3.63, 3.8) is 0 Å². The van der Waals surface area contributed by atoms with Gasteiger partial charge < -0.3 is 20.4 Å². The number of hydrogen-bond donors (Lipinski definition) is 4. The molecule has 7 heteroatoms. The molecule has 5 unspecified atom stereocenters. The molecular weight excluding hydrogens is 364 g/mol. The summed E-state index contributed by atoms with van der Waals surface area (Å²) < 4.78 is 0. The molecule has 0 saturated carbocycles. The molecule has 0 bridgehead atoms. The van der Waals surface area contributed by atoms with Crippen LogP contribution in [0.25, 0.3) is 0 Å². The molecule has 5 atom stereocenters. The van der Waals surface area contributed by atoms with Gasteiger partial charge in [-0.25, -0.2) is 0 Å². The van der Waals surface area contributed by atoms with Crippen molar-refractivity contribution in [1.29, 1.82) is 0 Å². The summed E-state index contributed by atoms with van der Waals surface area (Å²) in [5.41, 5.74) is -1.71. The predicted molar refractivity (Wildman–Crippen MR) is 105 cm³/mol. The van der Waals surface area contributed by atoms with Gasteiger partial charge in [0.2, 0.25) is 0 Å². The number of carbonyl (C=O) groups is 3. The van der Waals surface area contributed by atoms with Gasteiger partial charge in [0.15, 0.2) is 11.6 Å². The fourth-order valence-electron chi connectivity index (χ4n) is 2.83. The minimum atomic E-state index is -1.56. The summed E-state index contributed by atoms with van der Waals surface area (Å²) in [6.07, 6.45) is -3.34.